The summed E-state index contributed by atoms with van der Waals surface area (Å²) in [5.74, 6) is -0.921. The third-order valence-corrected chi connectivity index (χ3v) is 7.43. The molecule has 1 saturated heterocycles. The van der Waals surface area contributed by atoms with Gasteiger partial charge in [0.2, 0.25) is 5.91 Å². The number of fused-ring (bicyclic) bond motifs is 1. The first-order valence-corrected chi connectivity index (χ1v) is 12.2. The van der Waals surface area contributed by atoms with Gasteiger partial charge in [-0.2, -0.15) is 0 Å². The van der Waals surface area contributed by atoms with Crippen molar-refractivity contribution >= 4 is 56.5 Å². The Hall–Kier alpha value is -4.26. The normalized spacial score (nSPS) is 19.5. The topological polar surface area (TPSA) is 113 Å². The zero-order valence-corrected chi connectivity index (χ0v) is 19.9. The summed E-state index contributed by atoms with van der Waals surface area (Å²) >= 11 is 1.12. The lowest BCUT2D eigenvalue weighted by atomic mass is 10.1. The molecule has 37 heavy (non-hydrogen) atoms. The van der Waals surface area contributed by atoms with Crippen molar-refractivity contribution in [2.75, 3.05) is 23.3 Å². The van der Waals surface area contributed by atoms with Gasteiger partial charge in [0.15, 0.2) is 11.5 Å². The third-order valence-electron chi connectivity index (χ3n) is 6.34. The number of likely N-dealkylation sites (tertiary alicyclic amines) is 1. The molecule has 10 nitrogen and oxygen atoms in total. The van der Waals surface area contributed by atoms with Gasteiger partial charge in [0.1, 0.15) is 9.71 Å². The molecule has 0 aliphatic carbocycles. The number of aromatic nitrogens is 1. The molecule has 3 aromatic rings. The summed E-state index contributed by atoms with van der Waals surface area (Å²) in [6, 6.07) is 4.81. The molecule has 1 unspecified atom stereocenters. The highest BCUT2D eigenvalue weighted by Crippen LogP contribution is 2.48. The number of rotatable bonds is 4. The van der Waals surface area contributed by atoms with Gasteiger partial charge < -0.3 is 25.0 Å². The Morgan fingerprint density at radius 2 is 2.08 bits per heavy atom. The van der Waals surface area contributed by atoms with Crippen molar-refractivity contribution in [1.82, 2.24) is 15.2 Å². The lowest BCUT2D eigenvalue weighted by Gasteiger charge is -2.32. The average Bonchev–Trinajstić information content (AvgIpc) is 3.40. The molecular formula is C24H19F2N5O5S. The number of benzene rings is 1. The van der Waals surface area contributed by atoms with Crippen LogP contribution in [0.4, 0.5) is 30.6 Å². The van der Waals surface area contributed by atoms with Gasteiger partial charge in [0.05, 0.1) is 22.4 Å². The maximum absolute atomic E-state index is 13.5. The van der Waals surface area contributed by atoms with Crippen molar-refractivity contribution in [1.29, 1.82) is 0 Å². The minimum absolute atomic E-state index is 0.141. The molecule has 2 N–H and O–H groups in total. The molecule has 0 radical (unpaired) electrons. The van der Waals surface area contributed by atoms with Crippen molar-refractivity contribution in [3.8, 4) is 11.5 Å². The number of alkyl halides is 2. The van der Waals surface area contributed by atoms with Gasteiger partial charge >= 0.3 is 12.3 Å². The molecular weight excluding hydrogens is 508 g/mol. The predicted molar refractivity (Wildman–Crippen MR) is 131 cm³/mol. The number of hydrogen-bond acceptors (Lipinski definition) is 7. The summed E-state index contributed by atoms with van der Waals surface area (Å²) in [4.78, 5) is 46.6. The number of piperidine rings is 1. The zero-order valence-electron chi connectivity index (χ0n) is 19.1. The van der Waals surface area contributed by atoms with Crippen LogP contribution in [0.1, 0.15) is 22.5 Å². The van der Waals surface area contributed by atoms with E-state index in [2.05, 4.69) is 31.7 Å². The van der Waals surface area contributed by atoms with E-state index in [1.807, 2.05) is 0 Å². The molecule has 6 rings (SSSR count). The second kappa shape index (κ2) is 8.40. The zero-order chi connectivity index (χ0) is 25.9. The molecule has 3 aliphatic heterocycles. The SMILES string of the molecule is C=CC(=O)N1CCCC(NC(=O)c2sc3nccc4c3c2NC(=O)N4c2ccc3c(c2)OC(F)(F)O3)C1. The Labute approximate surface area is 212 Å². The van der Waals surface area contributed by atoms with Crippen molar-refractivity contribution in [3.63, 3.8) is 0 Å². The highest BCUT2D eigenvalue weighted by Gasteiger charge is 2.44. The number of anilines is 3. The van der Waals surface area contributed by atoms with Crippen LogP contribution in [0.5, 0.6) is 11.5 Å². The molecule has 1 fully saturated rings. The fraction of sp³-hybridized carbons (Fsp3) is 0.250. The largest absolute Gasteiger partial charge is 0.586 e. The Bertz CT molecular complexity index is 1490. The van der Waals surface area contributed by atoms with Crippen LogP contribution < -0.4 is 25.0 Å². The standard InChI is InChI=1S/C24H19F2N5O5S/c1-2-17(32)30-9-3-4-12(11-30)28-21(33)20-19-18-14(7-8-27-22(18)37-20)31(23(34)29-19)13-5-6-15-16(10-13)36-24(25,26)35-15/h2,5-8,10,12H,1,3-4,9,11H2,(H,28,33)(H,29,34). The number of ether oxygens (including phenoxy) is 2. The van der Waals surface area contributed by atoms with Crippen molar-refractivity contribution in [3.05, 3.63) is 48.0 Å². The van der Waals surface area contributed by atoms with Crippen LogP contribution in [0, 0.1) is 0 Å². The monoisotopic (exact) mass is 527 g/mol. The summed E-state index contributed by atoms with van der Waals surface area (Å²) in [7, 11) is 0. The average molecular weight is 528 g/mol. The van der Waals surface area contributed by atoms with Crippen LogP contribution in [0.15, 0.2) is 43.1 Å². The van der Waals surface area contributed by atoms with Gasteiger partial charge in [-0.05, 0) is 37.1 Å². The maximum Gasteiger partial charge on any atom is 0.586 e. The number of pyridine rings is 1. The lowest BCUT2D eigenvalue weighted by Crippen LogP contribution is -2.49. The predicted octanol–water partition coefficient (Wildman–Crippen LogP) is 4.21. The fourth-order valence-corrected chi connectivity index (χ4v) is 5.78. The number of carbonyl (C=O) groups is 3. The van der Waals surface area contributed by atoms with E-state index in [0.29, 0.717) is 41.1 Å². The van der Waals surface area contributed by atoms with Gasteiger partial charge in [0.25, 0.3) is 5.91 Å². The molecule has 4 amide bonds. The number of hydrogen-bond donors (Lipinski definition) is 2. The minimum Gasteiger partial charge on any atom is -0.395 e. The smallest absolute Gasteiger partial charge is 0.395 e. The first-order valence-electron chi connectivity index (χ1n) is 11.4. The highest BCUT2D eigenvalue weighted by atomic mass is 32.1. The van der Waals surface area contributed by atoms with Gasteiger partial charge in [-0.15, -0.1) is 20.1 Å². The van der Waals surface area contributed by atoms with Crippen molar-refractivity contribution < 1.29 is 32.6 Å². The van der Waals surface area contributed by atoms with E-state index in [-0.39, 0.29) is 39.9 Å². The molecule has 13 heteroatoms. The number of carbonyl (C=O) groups excluding carboxylic acids is 3. The van der Waals surface area contributed by atoms with Gasteiger partial charge in [0, 0.05) is 31.4 Å². The Morgan fingerprint density at radius 1 is 1.27 bits per heavy atom. The first-order chi connectivity index (χ1) is 17.7. The number of nitrogens with one attached hydrogen (secondary N) is 2. The van der Waals surface area contributed by atoms with E-state index in [9.17, 15) is 23.2 Å². The number of amides is 4. The summed E-state index contributed by atoms with van der Waals surface area (Å²) in [6.45, 7) is 4.48. The quantitative estimate of drug-likeness (QED) is 0.492. The maximum atomic E-state index is 13.5. The van der Waals surface area contributed by atoms with Crippen LogP contribution in [0.2, 0.25) is 0 Å². The van der Waals surface area contributed by atoms with Crippen LogP contribution in [0.25, 0.3) is 10.2 Å². The van der Waals surface area contributed by atoms with Gasteiger partial charge in [-0.1, -0.05) is 6.58 Å². The van der Waals surface area contributed by atoms with Crippen LogP contribution in [-0.2, 0) is 4.79 Å². The summed E-state index contributed by atoms with van der Waals surface area (Å²) < 4.78 is 36.0. The summed E-state index contributed by atoms with van der Waals surface area (Å²) in [5.41, 5.74) is 1.02. The number of nitrogens with zero attached hydrogens (tertiary/aromatic N) is 3. The summed E-state index contributed by atoms with van der Waals surface area (Å²) in [5, 5.41) is 6.27. The fourth-order valence-electron chi connectivity index (χ4n) is 4.75. The van der Waals surface area contributed by atoms with Crippen LogP contribution in [-0.4, -0.2) is 53.2 Å². The van der Waals surface area contributed by atoms with E-state index in [4.69, 9.17) is 0 Å². The second-order valence-electron chi connectivity index (χ2n) is 8.68. The van der Waals surface area contributed by atoms with Crippen molar-refractivity contribution in [2.24, 2.45) is 0 Å². The molecule has 0 saturated carbocycles. The molecule has 190 valence electrons. The third kappa shape index (κ3) is 3.91. The Balaban J connectivity index is 1.32. The molecule has 5 heterocycles. The van der Waals surface area contributed by atoms with Crippen LogP contribution in [0.3, 0.4) is 0 Å². The minimum atomic E-state index is -3.79. The second-order valence-corrected chi connectivity index (χ2v) is 9.68. The number of thiophene rings is 1. The Morgan fingerprint density at radius 3 is 2.89 bits per heavy atom. The van der Waals surface area contributed by atoms with Gasteiger partial charge in [-0.3, -0.25) is 14.5 Å². The lowest BCUT2D eigenvalue weighted by molar-refractivity contribution is -0.286. The van der Waals surface area contributed by atoms with Crippen LogP contribution >= 0.6 is 11.3 Å². The molecule has 2 aromatic heterocycles. The van der Waals surface area contributed by atoms with E-state index < -0.39 is 12.3 Å². The van der Waals surface area contributed by atoms with E-state index >= 15 is 0 Å². The number of urea groups is 1. The molecule has 1 atom stereocenters. The highest BCUT2D eigenvalue weighted by molar-refractivity contribution is 7.21. The molecule has 1 aromatic carbocycles. The molecule has 0 bridgehead atoms. The van der Waals surface area contributed by atoms with E-state index in [1.165, 1.54) is 35.4 Å². The van der Waals surface area contributed by atoms with E-state index in [0.717, 1.165) is 17.8 Å². The van der Waals surface area contributed by atoms with E-state index in [1.54, 1.807) is 11.0 Å². The van der Waals surface area contributed by atoms with Gasteiger partial charge in [-0.25, -0.2) is 9.78 Å². The molecule has 3 aliphatic rings. The number of halogens is 2. The first kappa shape index (κ1) is 23.2. The summed E-state index contributed by atoms with van der Waals surface area (Å²) in [6.07, 6.45) is 0.418. The molecule has 0 spiro atoms. The van der Waals surface area contributed by atoms with Crippen molar-refractivity contribution in [2.45, 2.75) is 25.2 Å². The Kier molecular flexibility index (Phi) is 5.26.